The lowest BCUT2D eigenvalue weighted by atomic mass is 10.0. The molecule has 216 valence electrons. The molecule has 0 saturated carbocycles. The van der Waals surface area contributed by atoms with Gasteiger partial charge in [0, 0.05) is 50.6 Å². The van der Waals surface area contributed by atoms with Gasteiger partial charge in [0.2, 0.25) is 5.91 Å². The van der Waals surface area contributed by atoms with Gasteiger partial charge in [0.15, 0.2) is 0 Å². The Morgan fingerprint density at radius 2 is 1.55 bits per heavy atom. The van der Waals surface area contributed by atoms with Crippen LogP contribution in [0.3, 0.4) is 0 Å². The van der Waals surface area contributed by atoms with Gasteiger partial charge in [0.1, 0.15) is 5.75 Å². The van der Waals surface area contributed by atoms with E-state index in [2.05, 4.69) is 28.4 Å². The Bertz CT molecular complexity index is 952. The highest BCUT2D eigenvalue weighted by Crippen LogP contribution is 2.33. The van der Waals surface area contributed by atoms with Gasteiger partial charge in [0.25, 0.3) is 0 Å². The minimum Gasteiger partial charge on any atom is -0.404 e. The van der Waals surface area contributed by atoms with E-state index in [0.717, 1.165) is 56.0 Å². The molecule has 1 aliphatic heterocycles. The normalized spacial score (nSPS) is 13.2. The molecule has 0 bridgehead atoms. The third kappa shape index (κ3) is 12.8. The lowest BCUT2D eigenvalue weighted by molar-refractivity contribution is -0.274. The molecule has 6 nitrogen and oxygen atoms in total. The second-order valence-electron chi connectivity index (χ2n) is 8.15. The number of carbonyl (C=O) groups excluding carboxylic acids is 1. The van der Waals surface area contributed by atoms with Crippen LogP contribution in [-0.4, -0.2) is 62.2 Å². The highest BCUT2D eigenvalue weighted by atomic mass is 35.5. The van der Waals surface area contributed by atoms with Gasteiger partial charge < -0.3 is 20.5 Å². The van der Waals surface area contributed by atoms with E-state index in [4.69, 9.17) is 22.4 Å². The molecule has 1 heterocycles. The Morgan fingerprint density at radius 3 is 2.00 bits per heavy atom. The van der Waals surface area contributed by atoms with E-state index in [1.807, 2.05) is 19.1 Å². The van der Waals surface area contributed by atoms with Crippen molar-refractivity contribution in [3.8, 4) is 5.75 Å². The van der Waals surface area contributed by atoms with E-state index in [0.29, 0.717) is 12.7 Å². The van der Waals surface area contributed by atoms with Crippen LogP contribution in [0.2, 0.25) is 5.02 Å². The number of aryl methyl sites for hydroxylation is 1. The summed E-state index contributed by atoms with van der Waals surface area (Å²) in [7, 11) is 0.500. The number of nitrogens with two attached hydrogens (primary N) is 1. The van der Waals surface area contributed by atoms with Crippen LogP contribution in [0, 0.1) is 0 Å². The molecule has 1 saturated heterocycles. The van der Waals surface area contributed by atoms with E-state index in [1.165, 1.54) is 18.6 Å². The molecule has 11 heteroatoms. The van der Waals surface area contributed by atoms with Crippen molar-refractivity contribution in [1.29, 1.82) is 0 Å². The molecule has 2 aromatic carbocycles. The van der Waals surface area contributed by atoms with Crippen molar-refractivity contribution >= 4 is 23.2 Å². The van der Waals surface area contributed by atoms with Crippen molar-refractivity contribution in [3.05, 3.63) is 58.1 Å². The van der Waals surface area contributed by atoms with Crippen LogP contribution < -0.4 is 15.4 Å². The van der Waals surface area contributed by atoms with Crippen molar-refractivity contribution < 1.29 is 32.2 Å². The first-order chi connectivity index (χ1) is 18.0. The van der Waals surface area contributed by atoms with E-state index in [-0.39, 0.29) is 11.6 Å². The molecular weight excluding hydrogens is 526 g/mol. The van der Waals surface area contributed by atoms with Gasteiger partial charge in [-0.1, -0.05) is 44.9 Å². The lowest BCUT2D eigenvalue weighted by Gasteiger charge is -2.36. The molecule has 0 aliphatic carbocycles. The Labute approximate surface area is 228 Å². The molecule has 0 atom stereocenters. The summed E-state index contributed by atoms with van der Waals surface area (Å²) in [5, 5.41) is 7.49. The number of piperazine rings is 1. The van der Waals surface area contributed by atoms with Crippen LogP contribution in [0.1, 0.15) is 55.6 Å². The van der Waals surface area contributed by atoms with E-state index in [9.17, 15) is 22.4 Å². The number of aliphatic hydroxyl groups is 1. The molecule has 1 amide bonds. The number of amides is 1. The number of aliphatic hydroxyl groups excluding tert-OH is 1. The molecule has 0 radical (unpaired) electrons. The van der Waals surface area contributed by atoms with Gasteiger partial charge >= 0.3 is 6.36 Å². The van der Waals surface area contributed by atoms with Crippen LogP contribution in [-0.2, 0) is 13.0 Å². The maximum absolute atomic E-state index is 12.4. The number of anilines is 1. The van der Waals surface area contributed by atoms with Crippen molar-refractivity contribution in [1.82, 2.24) is 4.90 Å². The van der Waals surface area contributed by atoms with E-state index in [1.54, 1.807) is 19.1 Å². The minimum atomic E-state index is -4.77. The molecular formula is C27H40ClF4N3O3. The van der Waals surface area contributed by atoms with Crippen molar-refractivity contribution in [2.75, 3.05) is 44.9 Å². The summed E-state index contributed by atoms with van der Waals surface area (Å²) in [6, 6.07) is 9.87. The second-order valence-corrected chi connectivity index (χ2v) is 8.56. The summed E-state index contributed by atoms with van der Waals surface area (Å²) in [6.45, 7) is 12.0. The summed E-state index contributed by atoms with van der Waals surface area (Å²) >= 11 is 5.96. The number of primary amides is 1. The first kappa shape index (κ1) is 35.4. The molecule has 0 aromatic heterocycles. The minimum absolute atomic E-state index is 0.0746. The number of hydrogen-bond acceptors (Lipinski definition) is 5. The molecule has 3 N–H and O–H groups in total. The highest BCUT2D eigenvalue weighted by molar-refractivity contribution is 6.32. The van der Waals surface area contributed by atoms with Crippen LogP contribution in [0.25, 0.3) is 0 Å². The number of carbonyl (C=O) groups is 1. The quantitative estimate of drug-likeness (QED) is 0.406. The SMILES string of the molecule is CCC.CCO.CCc1cc(C(N)=O)ccc1CN1CCN(c2ccc(OC(F)(F)F)c(Cl)c2)CC1.CF. The lowest BCUT2D eigenvalue weighted by Crippen LogP contribution is -2.46. The molecule has 2 aromatic rings. The summed E-state index contributed by atoms with van der Waals surface area (Å²) in [4.78, 5) is 15.8. The standard InChI is InChI=1S/C21H23ClF3N3O2.C3H8.C2H6O.CH3F/c1-2-14-11-15(20(26)29)3-4-16(14)13-27-7-9-28(10-8-27)17-5-6-19(18(22)12-17)30-21(23,24)25;1-3-2;1-2-3;1-2/h3-6,11-12H,2,7-10,13H2,1H3,(H2,26,29);3H2,1-2H3;3H,2H2,1H3;1H3. The number of alkyl halides is 4. The summed E-state index contributed by atoms with van der Waals surface area (Å²) in [5.41, 5.74) is 8.89. The summed E-state index contributed by atoms with van der Waals surface area (Å²) in [5.74, 6) is -0.840. The van der Waals surface area contributed by atoms with Crippen molar-refractivity contribution in [2.45, 2.75) is 53.4 Å². The fourth-order valence-electron chi connectivity index (χ4n) is 3.56. The van der Waals surface area contributed by atoms with Gasteiger partial charge in [-0.3, -0.25) is 14.1 Å². The van der Waals surface area contributed by atoms with Gasteiger partial charge in [-0.05, 0) is 54.8 Å². The Morgan fingerprint density at radius 1 is 1.00 bits per heavy atom. The van der Waals surface area contributed by atoms with Gasteiger partial charge in [0.05, 0.1) is 12.2 Å². The average molecular weight is 566 g/mol. The Balaban J connectivity index is 0.00000153. The number of ether oxygens (including phenoxy) is 1. The highest BCUT2D eigenvalue weighted by Gasteiger charge is 2.32. The van der Waals surface area contributed by atoms with E-state index < -0.39 is 18.0 Å². The Kier molecular flexibility index (Phi) is 17.4. The predicted octanol–water partition coefficient (Wildman–Crippen LogP) is 6.22. The number of benzene rings is 2. The van der Waals surface area contributed by atoms with Crippen molar-refractivity contribution in [3.63, 3.8) is 0 Å². The van der Waals surface area contributed by atoms with Gasteiger partial charge in [-0.2, -0.15) is 0 Å². The average Bonchev–Trinajstić information content (AvgIpc) is 2.87. The zero-order valence-corrected chi connectivity index (χ0v) is 23.5. The third-order valence-electron chi connectivity index (χ3n) is 5.14. The van der Waals surface area contributed by atoms with E-state index >= 15 is 0 Å². The second kappa shape index (κ2) is 18.7. The first-order valence-electron chi connectivity index (χ1n) is 12.4. The maximum atomic E-state index is 12.4. The summed E-state index contributed by atoms with van der Waals surface area (Å²) < 4.78 is 50.6. The topological polar surface area (TPSA) is 79.0 Å². The third-order valence-corrected chi connectivity index (χ3v) is 5.44. The largest absolute Gasteiger partial charge is 0.573 e. The van der Waals surface area contributed by atoms with Gasteiger partial charge in [-0.15, -0.1) is 13.2 Å². The monoisotopic (exact) mass is 565 g/mol. The molecule has 0 unspecified atom stereocenters. The summed E-state index contributed by atoms with van der Waals surface area (Å²) in [6.07, 6.45) is -2.72. The number of rotatable bonds is 6. The smallest absolute Gasteiger partial charge is 0.404 e. The number of nitrogens with zero attached hydrogens (tertiary/aromatic N) is 2. The van der Waals surface area contributed by atoms with Crippen LogP contribution >= 0.6 is 11.6 Å². The van der Waals surface area contributed by atoms with Crippen LogP contribution in [0.5, 0.6) is 5.75 Å². The fourth-order valence-corrected chi connectivity index (χ4v) is 3.77. The van der Waals surface area contributed by atoms with Crippen LogP contribution in [0.4, 0.5) is 23.2 Å². The molecule has 38 heavy (non-hydrogen) atoms. The Hall–Kier alpha value is -2.56. The zero-order chi connectivity index (χ0) is 29.3. The molecule has 3 rings (SSSR count). The molecule has 1 fully saturated rings. The first-order valence-corrected chi connectivity index (χ1v) is 12.8. The molecule has 1 aliphatic rings. The van der Waals surface area contributed by atoms with Gasteiger partial charge in [-0.25, -0.2) is 0 Å². The molecule has 0 spiro atoms. The fraction of sp³-hybridized carbons (Fsp3) is 0.519. The predicted molar refractivity (Wildman–Crippen MR) is 146 cm³/mol. The van der Waals surface area contributed by atoms with Crippen LogP contribution in [0.15, 0.2) is 36.4 Å². The zero-order valence-electron chi connectivity index (χ0n) is 22.7. The number of halogens is 5. The van der Waals surface area contributed by atoms with Crippen molar-refractivity contribution in [2.24, 2.45) is 5.73 Å². The maximum Gasteiger partial charge on any atom is 0.573 e. The number of hydrogen-bond donors (Lipinski definition) is 2.